The van der Waals surface area contributed by atoms with Crippen molar-refractivity contribution >= 4 is 5.97 Å². The minimum atomic E-state index is -0.885. The first-order valence-corrected chi connectivity index (χ1v) is 6.97. The summed E-state index contributed by atoms with van der Waals surface area (Å²) in [5, 5.41) is 9.32. The molecular weight excluding hydrogens is 250 g/mol. The monoisotopic (exact) mass is 267 g/mol. The van der Waals surface area contributed by atoms with Gasteiger partial charge in [-0.05, 0) is 36.0 Å². The Hall–Kier alpha value is -2.16. The number of carboxylic acid groups (broad SMARTS) is 1. The van der Waals surface area contributed by atoms with Gasteiger partial charge in [0.25, 0.3) is 0 Å². The molecule has 1 unspecified atom stereocenters. The number of carbonyl (C=O) groups is 1. The minimum absolute atomic E-state index is 0.345. The third kappa shape index (κ3) is 1.90. The topological polar surface area (TPSA) is 50.2 Å². The minimum Gasteiger partial charge on any atom is -0.478 e. The van der Waals surface area contributed by atoms with Crippen molar-refractivity contribution in [1.29, 1.82) is 0 Å². The number of benzene rings is 1. The van der Waals surface area contributed by atoms with Crippen LogP contribution in [0.3, 0.4) is 0 Å². The average Bonchev–Trinajstić information content (AvgIpc) is 2.46. The molecule has 0 aliphatic heterocycles. The number of rotatable bonds is 2. The standard InChI is InChI=1S/C17H17NO2/c1-3-15-14(17(19)20)9-11-8-10(2)12-6-4-5-7-13(12)16(11)18-15/h4-7,9-10H,3,8H2,1-2H3,(H,19,20). The zero-order valence-electron chi connectivity index (χ0n) is 11.7. The third-order valence-electron chi connectivity index (χ3n) is 4.02. The second-order valence-corrected chi connectivity index (χ2v) is 5.34. The van der Waals surface area contributed by atoms with Crippen molar-refractivity contribution in [3.63, 3.8) is 0 Å². The molecule has 1 aromatic carbocycles. The first kappa shape index (κ1) is 12.9. The van der Waals surface area contributed by atoms with Crippen molar-refractivity contribution in [1.82, 2.24) is 4.98 Å². The van der Waals surface area contributed by atoms with E-state index in [2.05, 4.69) is 24.0 Å². The van der Waals surface area contributed by atoms with Crippen LogP contribution in [0.5, 0.6) is 0 Å². The Labute approximate surface area is 118 Å². The van der Waals surface area contributed by atoms with Crippen LogP contribution < -0.4 is 0 Å². The zero-order chi connectivity index (χ0) is 14.3. The van der Waals surface area contributed by atoms with Crippen LogP contribution >= 0.6 is 0 Å². The number of hydrogen-bond donors (Lipinski definition) is 1. The lowest BCUT2D eigenvalue weighted by atomic mass is 9.81. The SMILES string of the molecule is CCc1nc2c(cc1C(=O)O)CC(C)c1ccccc1-2. The third-order valence-corrected chi connectivity index (χ3v) is 4.02. The van der Waals surface area contributed by atoms with E-state index in [1.807, 2.05) is 25.1 Å². The Bertz CT molecular complexity index is 691. The molecule has 1 aromatic heterocycles. The van der Waals surface area contributed by atoms with Crippen molar-refractivity contribution in [2.45, 2.75) is 32.6 Å². The molecule has 0 amide bonds. The van der Waals surface area contributed by atoms with Crippen LogP contribution in [0, 0.1) is 0 Å². The molecule has 0 bridgehead atoms. The highest BCUT2D eigenvalue weighted by Crippen LogP contribution is 2.38. The normalized spacial score (nSPS) is 16.4. The second kappa shape index (κ2) is 4.75. The molecule has 1 N–H and O–H groups in total. The number of carboxylic acids is 1. The van der Waals surface area contributed by atoms with Crippen molar-refractivity contribution in [3.8, 4) is 11.3 Å². The Balaban J connectivity index is 2.26. The van der Waals surface area contributed by atoms with Gasteiger partial charge in [0.2, 0.25) is 0 Å². The zero-order valence-corrected chi connectivity index (χ0v) is 11.7. The lowest BCUT2D eigenvalue weighted by Crippen LogP contribution is -2.14. The van der Waals surface area contributed by atoms with Crippen LogP contribution in [-0.4, -0.2) is 16.1 Å². The number of fused-ring (bicyclic) bond motifs is 3. The summed E-state index contributed by atoms with van der Waals surface area (Å²) in [5.41, 5.74) is 5.47. The lowest BCUT2D eigenvalue weighted by Gasteiger charge is -2.25. The van der Waals surface area contributed by atoms with Gasteiger partial charge in [-0.3, -0.25) is 4.98 Å². The van der Waals surface area contributed by atoms with Crippen LogP contribution in [0.25, 0.3) is 11.3 Å². The summed E-state index contributed by atoms with van der Waals surface area (Å²) in [7, 11) is 0. The van der Waals surface area contributed by atoms with Gasteiger partial charge < -0.3 is 5.11 Å². The number of hydrogen-bond acceptors (Lipinski definition) is 2. The molecule has 3 nitrogen and oxygen atoms in total. The van der Waals surface area contributed by atoms with Gasteiger partial charge in [0.05, 0.1) is 17.0 Å². The predicted octanol–water partition coefficient (Wildman–Crippen LogP) is 3.67. The van der Waals surface area contributed by atoms with Gasteiger partial charge in [-0.25, -0.2) is 4.79 Å². The quantitative estimate of drug-likeness (QED) is 0.903. The molecule has 1 aliphatic carbocycles. The Morgan fingerprint density at radius 3 is 2.85 bits per heavy atom. The smallest absolute Gasteiger partial charge is 0.337 e. The summed E-state index contributed by atoms with van der Waals surface area (Å²) in [5.74, 6) is -0.488. The van der Waals surface area contributed by atoms with Crippen LogP contribution in [0.15, 0.2) is 30.3 Å². The van der Waals surface area contributed by atoms with Crippen molar-refractivity contribution < 1.29 is 9.90 Å². The van der Waals surface area contributed by atoms with E-state index in [9.17, 15) is 9.90 Å². The van der Waals surface area contributed by atoms with E-state index >= 15 is 0 Å². The maximum absolute atomic E-state index is 11.4. The fourth-order valence-electron chi connectivity index (χ4n) is 3.02. The number of aromatic nitrogens is 1. The molecule has 2 aromatic rings. The first-order chi connectivity index (χ1) is 9.61. The van der Waals surface area contributed by atoms with Crippen molar-refractivity contribution in [3.05, 3.63) is 52.7 Å². The molecule has 1 atom stereocenters. The molecule has 0 saturated carbocycles. The van der Waals surface area contributed by atoms with E-state index in [1.54, 1.807) is 0 Å². The van der Waals surface area contributed by atoms with Crippen LogP contribution in [0.1, 0.15) is 46.9 Å². The summed E-state index contributed by atoms with van der Waals surface area (Å²) in [4.78, 5) is 16.0. The number of aromatic carboxylic acids is 1. The summed E-state index contributed by atoms with van der Waals surface area (Å²) in [6.45, 7) is 4.12. The number of pyridine rings is 1. The van der Waals surface area contributed by atoms with E-state index in [0.717, 1.165) is 23.2 Å². The van der Waals surface area contributed by atoms with Gasteiger partial charge in [-0.15, -0.1) is 0 Å². The highest BCUT2D eigenvalue weighted by Gasteiger charge is 2.25. The summed E-state index contributed by atoms with van der Waals surface area (Å²) in [6.07, 6.45) is 1.48. The molecule has 1 heterocycles. The van der Waals surface area contributed by atoms with E-state index in [1.165, 1.54) is 5.56 Å². The molecule has 0 spiro atoms. The average molecular weight is 267 g/mol. The maximum Gasteiger partial charge on any atom is 0.337 e. The number of aryl methyl sites for hydroxylation is 1. The van der Waals surface area contributed by atoms with E-state index in [-0.39, 0.29) is 0 Å². The highest BCUT2D eigenvalue weighted by atomic mass is 16.4. The Morgan fingerprint density at radius 1 is 1.40 bits per heavy atom. The largest absolute Gasteiger partial charge is 0.478 e. The fourth-order valence-corrected chi connectivity index (χ4v) is 3.02. The molecule has 3 rings (SSSR count). The van der Waals surface area contributed by atoms with Gasteiger partial charge in [0.1, 0.15) is 0 Å². The molecule has 0 radical (unpaired) electrons. The van der Waals surface area contributed by atoms with E-state index in [0.29, 0.717) is 23.6 Å². The first-order valence-electron chi connectivity index (χ1n) is 6.97. The van der Waals surface area contributed by atoms with Gasteiger partial charge in [-0.2, -0.15) is 0 Å². The van der Waals surface area contributed by atoms with Crippen LogP contribution in [-0.2, 0) is 12.8 Å². The summed E-state index contributed by atoms with van der Waals surface area (Å²) < 4.78 is 0. The Kier molecular flexibility index (Phi) is 3.05. The molecule has 3 heteroatoms. The lowest BCUT2D eigenvalue weighted by molar-refractivity contribution is 0.0695. The maximum atomic E-state index is 11.4. The van der Waals surface area contributed by atoms with Gasteiger partial charge in [-0.1, -0.05) is 38.1 Å². The second-order valence-electron chi connectivity index (χ2n) is 5.34. The number of nitrogens with zero attached hydrogens (tertiary/aromatic N) is 1. The summed E-state index contributed by atoms with van der Waals surface area (Å²) in [6, 6.07) is 10.1. The predicted molar refractivity (Wildman–Crippen MR) is 78.1 cm³/mol. The molecular formula is C17H17NO2. The van der Waals surface area contributed by atoms with Crippen molar-refractivity contribution in [2.24, 2.45) is 0 Å². The highest BCUT2D eigenvalue weighted by molar-refractivity contribution is 5.90. The molecule has 20 heavy (non-hydrogen) atoms. The summed E-state index contributed by atoms with van der Waals surface area (Å²) >= 11 is 0. The molecule has 0 saturated heterocycles. The van der Waals surface area contributed by atoms with E-state index < -0.39 is 5.97 Å². The van der Waals surface area contributed by atoms with Crippen molar-refractivity contribution in [2.75, 3.05) is 0 Å². The van der Waals surface area contributed by atoms with Gasteiger partial charge in [0.15, 0.2) is 0 Å². The van der Waals surface area contributed by atoms with Gasteiger partial charge in [0, 0.05) is 5.56 Å². The fraction of sp³-hybridized carbons (Fsp3) is 0.294. The van der Waals surface area contributed by atoms with Gasteiger partial charge >= 0.3 is 5.97 Å². The Morgan fingerprint density at radius 2 is 2.15 bits per heavy atom. The van der Waals surface area contributed by atoms with Crippen LogP contribution in [0.2, 0.25) is 0 Å². The molecule has 102 valence electrons. The van der Waals surface area contributed by atoms with E-state index in [4.69, 9.17) is 0 Å². The molecule has 1 aliphatic rings. The molecule has 0 fully saturated rings. The van der Waals surface area contributed by atoms with Crippen LogP contribution in [0.4, 0.5) is 0 Å².